The first kappa shape index (κ1) is 14.1. The van der Waals surface area contributed by atoms with E-state index in [1.54, 1.807) is 6.20 Å². The molecular weight excluding hydrogens is 304 g/mol. The van der Waals surface area contributed by atoms with Crippen LogP contribution in [0.1, 0.15) is 32.1 Å². The predicted molar refractivity (Wildman–Crippen MR) is 83.1 cm³/mol. The maximum atomic E-state index is 12.2. The molecule has 0 bridgehead atoms. The maximum absolute atomic E-state index is 12.2. The topological polar surface area (TPSA) is 69.3 Å². The Labute approximate surface area is 133 Å². The quantitative estimate of drug-likeness (QED) is 0.893. The molecule has 0 spiro atoms. The van der Waals surface area contributed by atoms with Crippen molar-refractivity contribution in [3.8, 4) is 0 Å². The van der Waals surface area contributed by atoms with E-state index in [1.165, 1.54) is 0 Å². The molecule has 1 N–H and O–H groups in total. The number of rotatable bonds is 2. The Morgan fingerprint density at radius 2 is 2.05 bits per heavy atom. The van der Waals surface area contributed by atoms with Crippen molar-refractivity contribution in [2.24, 2.45) is 5.92 Å². The molecule has 0 aromatic carbocycles. The number of nitrogens with one attached hydrogen (secondary N) is 1. The van der Waals surface area contributed by atoms with Gasteiger partial charge in [-0.3, -0.25) is 9.59 Å². The molecule has 118 valence electrons. The molecule has 2 saturated heterocycles. The Hall–Kier alpha value is -1.56. The van der Waals surface area contributed by atoms with Crippen LogP contribution in [0.15, 0.2) is 11.0 Å². The number of piperidine rings is 2. The fraction of sp³-hybridized carbons (Fsp3) is 0.667. The predicted octanol–water partition coefficient (Wildman–Crippen LogP) is 1.40. The second-order valence-corrected chi connectivity index (χ2v) is 6.91. The van der Waals surface area contributed by atoms with Crippen molar-refractivity contribution in [1.29, 1.82) is 0 Å². The summed E-state index contributed by atoms with van der Waals surface area (Å²) in [5.41, 5.74) is 0.360. The number of hydrogen-bond donors (Lipinski definition) is 1. The molecule has 1 saturated carbocycles. The van der Waals surface area contributed by atoms with Gasteiger partial charge < -0.3 is 9.80 Å². The van der Waals surface area contributed by atoms with Crippen LogP contribution >= 0.6 is 11.6 Å². The number of likely N-dealkylation sites (tertiary alicyclic amines) is 1. The molecule has 3 heterocycles. The maximum Gasteiger partial charge on any atom is 0.285 e. The smallest absolute Gasteiger partial charge is 0.285 e. The average Bonchev–Trinajstić information content (AvgIpc) is 3.34. The van der Waals surface area contributed by atoms with Gasteiger partial charge in [0.15, 0.2) is 0 Å². The summed E-state index contributed by atoms with van der Waals surface area (Å²) in [4.78, 5) is 28.1. The Balaban J connectivity index is 1.56. The summed E-state index contributed by atoms with van der Waals surface area (Å²) in [5, 5.41) is 6.42. The van der Waals surface area contributed by atoms with Gasteiger partial charge in [0.2, 0.25) is 5.91 Å². The number of carbonyl (C=O) groups excluding carboxylic acids is 1. The molecule has 1 amide bonds. The zero-order valence-corrected chi connectivity index (χ0v) is 13.1. The summed E-state index contributed by atoms with van der Waals surface area (Å²) in [6, 6.07) is 0.843. The Bertz CT molecular complexity index is 657. The van der Waals surface area contributed by atoms with Gasteiger partial charge in [0.25, 0.3) is 5.56 Å². The van der Waals surface area contributed by atoms with Gasteiger partial charge >= 0.3 is 0 Å². The van der Waals surface area contributed by atoms with Crippen LogP contribution in [0.4, 0.5) is 5.69 Å². The lowest BCUT2D eigenvalue weighted by molar-refractivity contribution is -0.140. The van der Waals surface area contributed by atoms with Crippen molar-refractivity contribution >= 4 is 23.2 Å². The second kappa shape index (κ2) is 5.26. The van der Waals surface area contributed by atoms with Crippen LogP contribution < -0.4 is 10.5 Å². The molecule has 3 fully saturated rings. The summed E-state index contributed by atoms with van der Waals surface area (Å²) in [5.74, 6) is 0.787. The molecule has 1 aliphatic carbocycles. The fourth-order valence-corrected chi connectivity index (χ4v) is 4.14. The van der Waals surface area contributed by atoms with Crippen molar-refractivity contribution in [3.05, 3.63) is 21.6 Å². The number of fused-ring (bicyclic) bond motifs is 1. The Morgan fingerprint density at radius 1 is 1.23 bits per heavy atom. The van der Waals surface area contributed by atoms with Crippen LogP contribution in [-0.4, -0.2) is 46.2 Å². The van der Waals surface area contributed by atoms with Crippen molar-refractivity contribution in [2.45, 2.75) is 44.2 Å². The number of anilines is 1. The molecule has 4 rings (SSSR count). The van der Waals surface area contributed by atoms with Crippen LogP contribution in [0.3, 0.4) is 0 Å². The number of nitrogens with zero attached hydrogens (tertiary/aromatic N) is 3. The van der Waals surface area contributed by atoms with E-state index >= 15 is 0 Å². The van der Waals surface area contributed by atoms with E-state index in [-0.39, 0.29) is 10.6 Å². The molecule has 7 heteroatoms. The summed E-state index contributed by atoms with van der Waals surface area (Å²) >= 11 is 6.12. The molecule has 1 aromatic rings. The van der Waals surface area contributed by atoms with Crippen molar-refractivity contribution in [3.63, 3.8) is 0 Å². The monoisotopic (exact) mass is 322 g/mol. The molecule has 0 radical (unpaired) electrons. The van der Waals surface area contributed by atoms with Gasteiger partial charge in [-0.2, -0.15) is 5.10 Å². The number of aromatic amines is 1. The average molecular weight is 323 g/mol. The second-order valence-electron chi connectivity index (χ2n) is 6.53. The molecule has 6 nitrogen and oxygen atoms in total. The zero-order chi connectivity index (χ0) is 15.3. The van der Waals surface area contributed by atoms with E-state index in [1.807, 2.05) is 0 Å². The van der Waals surface area contributed by atoms with Gasteiger partial charge in [-0.05, 0) is 31.6 Å². The van der Waals surface area contributed by atoms with E-state index in [0.717, 1.165) is 38.8 Å². The van der Waals surface area contributed by atoms with Crippen molar-refractivity contribution in [2.75, 3.05) is 18.0 Å². The van der Waals surface area contributed by atoms with E-state index < -0.39 is 0 Å². The highest BCUT2D eigenvalue weighted by atomic mass is 35.5. The molecule has 2 atom stereocenters. The number of amides is 1. The number of halogens is 1. The molecule has 3 aliphatic rings. The van der Waals surface area contributed by atoms with Gasteiger partial charge in [-0.25, -0.2) is 5.10 Å². The minimum atomic E-state index is -0.347. The van der Waals surface area contributed by atoms with E-state index in [2.05, 4.69) is 20.0 Å². The van der Waals surface area contributed by atoms with E-state index in [4.69, 9.17) is 11.6 Å². The number of hydrogen-bond acceptors (Lipinski definition) is 4. The number of H-pyrrole nitrogens is 1. The highest BCUT2D eigenvalue weighted by Gasteiger charge is 2.45. The summed E-state index contributed by atoms with van der Waals surface area (Å²) in [7, 11) is 0. The summed E-state index contributed by atoms with van der Waals surface area (Å²) in [6.45, 7) is 1.65. The van der Waals surface area contributed by atoms with E-state index in [0.29, 0.717) is 36.0 Å². The minimum absolute atomic E-state index is 0.208. The highest BCUT2D eigenvalue weighted by Crippen LogP contribution is 2.40. The molecule has 1 aromatic heterocycles. The third-order valence-corrected chi connectivity index (χ3v) is 5.49. The fourth-order valence-electron chi connectivity index (χ4n) is 3.93. The number of carbonyl (C=O) groups is 1. The first-order valence-corrected chi connectivity index (χ1v) is 8.32. The normalized spacial score (nSPS) is 28.7. The third-order valence-electron chi connectivity index (χ3n) is 5.13. The van der Waals surface area contributed by atoms with Gasteiger partial charge in [-0.15, -0.1) is 0 Å². The molecule has 0 unspecified atom stereocenters. The minimum Gasteiger partial charge on any atom is -0.368 e. The summed E-state index contributed by atoms with van der Waals surface area (Å²) in [6.07, 6.45) is 6.45. The van der Waals surface area contributed by atoms with Crippen molar-refractivity contribution in [1.82, 2.24) is 15.1 Å². The SMILES string of the molecule is O=C1CC[C@H]2CN(c3cn[nH]c(=O)c3Cl)CC[C@H]2N1C1CC1. The van der Waals surface area contributed by atoms with Crippen LogP contribution in [0.25, 0.3) is 0 Å². The summed E-state index contributed by atoms with van der Waals surface area (Å²) < 4.78 is 0. The first-order chi connectivity index (χ1) is 10.6. The van der Waals surface area contributed by atoms with Crippen LogP contribution in [0, 0.1) is 5.92 Å². The number of aromatic nitrogens is 2. The van der Waals surface area contributed by atoms with Crippen molar-refractivity contribution < 1.29 is 4.79 Å². The van der Waals surface area contributed by atoms with Gasteiger partial charge in [-0.1, -0.05) is 11.6 Å². The van der Waals surface area contributed by atoms with E-state index in [9.17, 15) is 9.59 Å². The standard InChI is InChI=1S/C15H19ClN4O2/c16-14-12(7-17-18-15(14)22)19-6-5-11-9(8-19)1-4-13(21)20(11)10-2-3-10/h7,9-11H,1-6,8H2,(H,18,22)/t9-,11+/m0/s1. The third kappa shape index (κ3) is 2.29. The van der Waals surface area contributed by atoms with Gasteiger partial charge in [0.05, 0.1) is 11.9 Å². The molecule has 22 heavy (non-hydrogen) atoms. The lowest BCUT2D eigenvalue weighted by atomic mass is 9.83. The highest BCUT2D eigenvalue weighted by molar-refractivity contribution is 6.33. The lowest BCUT2D eigenvalue weighted by Gasteiger charge is -2.48. The van der Waals surface area contributed by atoms with Crippen LogP contribution in [-0.2, 0) is 4.79 Å². The van der Waals surface area contributed by atoms with Crippen LogP contribution in [0.5, 0.6) is 0 Å². The lowest BCUT2D eigenvalue weighted by Crippen LogP contribution is -2.56. The van der Waals surface area contributed by atoms with Crippen LogP contribution in [0.2, 0.25) is 5.02 Å². The first-order valence-electron chi connectivity index (χ1n) is 7.94. The largest absolute Gasteiger partial charge is 0.368 e. The molecule has 2 aliphatic heterocycles. The Morgan fingerprint density at radius 3 is 2.82 bits per heavy atom. The van der Waals surface area contributed by atoms with Gasteiger partial charge in [0, 0.05) is 31.6 Å². The Kier molecular flexibility index (Phi) is 3.36. The zero-order valence-electron chi connectivity index (χ0n) is 12.3. The van der Waals surface area contributed by atoms with Gasteiger partial charge in [0.1, 0.15) is 5.02 Å². The molecular formula is C15H19ClN4O2.